The number of carbonyl (C=O) groups is 1. The molecule has 0 saturated carbocycles. The number of methoxy groups -OCH3 is 1. The van der Waals surface area contributed by atoms with Crippen molar-refractivity contribution in [2.24, 2.45) is 5.10 Å². The number of nitro benzene ring substituents is 1. The van der Waals surface area contributed by atoms with Crippen LogP contribution in [0.4, 0.5) is 5.69 Å². The number of thioether (sulfide) groups is 1. The van der Waals surface area contributed by atoms with Crippen LogP contribution in [-0.2, 0) is 10.5 Å². The Morgan fingerprint density at radius 3 is 2.85 bits per heavy atom. The summed E-state index contributed by atoms with van der Waals surface area (Å²) in [6, 6.07) is 12.2. The predicted octanol–water partition coefficient (Wildman–Crippen LogP) is 3.75. The molecule has 1 amide bonds. The van der Waals surface area contributed by atoms with Crippen molar-refractivity contribution in [1.82, 2.24) is 5.43 Å². The smallest absolute Gasteiger partial charge is 0.311 e. The number of hydrogen-bond donors (Lipinski definition) is 1. The molecule has 0 unspecified atom stereocenters. The van der Waals surface area contributed by atoms with E-state index in [4.69, 9.17) is 4.74 Å². The van der Waals surface area contributed by atoms with Crippen LogP contribution in [0.2, 0.25) is 0 Å². The molecule has 2 aromatic carbocycles. The lowest BCUT2D eigenvalue weighted by Crippen LogP contribution is -2.19. The molecule has 2 rings (SSSR count). The third-order valence-electron chi connectivity index (χ3n) is 3.25. The molecule has 0 aliphatic heterocycles. The van der Waals surface area contributed by atoms with E-state index in [-0.39, 0.29) is 23.1 Å². The van der Waals surface area contributed by atoms with Crippen molar-refractivity contribution in [1.29, 1.82) is 0 Å². The Hall–Kier alpha value is -2.39. The standard InChI is InChI=1S/C17H16BrN3O4S/c1-25-16-7-6-12(8-15(16)21(23)24)9-19-20-17(22)11-26-10-13-4-2-3-5-14(13)18/h2-9H,10-11H2,1H3,(H,20,22)/b19-9+. The maximum absolute atomic E-state index is 11.8. The molecule has 0 aromatic heterocycles. The van der Waals surface area contributed by atoms with Crippen molar-refractivity contribution in [3.05, 3.63) is 68.2 Å². The second-order valence-corrected chi connectivity index (χ2v) is 6.91. The van der Waals surface area contributed by atoms with E-state index in [1.807, 2.05) is 24.3 Å². The Labute approximate surface area is 163 Å². The van der Waals surface area contributed by atoms with Gasteiger partial charge in [-0.15, -0.1) is 11.8 Å². The van der Waals surface area contributed by atoms with E-state index in [1.165, 1.54) is 37.2 Å². The number of rotatable bonds is 8. The lowest BCUT2D eigenvalue weighted by molar-refractivity contribution is -0.385. The van der Waals surface area contributed by atoms with Crippen molar-refractivity contribution in [2.45, 2.75) is 5.75 Å². The topological polar surface area (TPSA) is 93.8 Å². The van der Waals surface area contributed by atoms with Crippen LogP contribution >= 0.6 is 27.7 Å². The normalized spacial score (nSPS) is 10.7. The average molecular weight is 438 g/mol. The molecule has 0 radical (unpaired) electrons. The first-order valence-electron chi connectivity index (χ1n) is 7.46. The highest BCUT2D eigenvalue weighted by Crippen LogP contribution is 2.26. The summed E-state index contributed by atoms with van der Waals surface area (Å²) in [6.07, 6.45) is 1.35. The predicted molar refractivity (Wildman–Crippen MR) is 106 cm³/mol. The molecule has 0 fully saturated rings. The van der Waals surface area contributed by atoms with Gasteiger partial charge in [-0.3, -0.25) is 14.9 Å². The first-order valence-corrected chi connectivity index (χ1v) is 9.41. The van der Waals surface area contributed by atoms with E-state index in [0.717, 1.165) is 10.0 Å². The maximum atomic E-state index is 11.8. The number of nitrogens with one attached hydrogen (secondary N) is 1. The zero-order chi connectivity index (χ0) is 18.9. The minimum atomic E-state index is -0.535. The highest BCUT2D eigenvalue weighted by molar-refractivity contribution is 9.10. The molecule has 1 N–H and O–H groups in total. The Morgan fingerprint density at radius 2 is 2.15 bits per heavy atom. The summed E-state index contributed by atoms with van der Waals surface area (Å²) in [5.41, 5.74) is 3.84. The first-order chi connectivity index (χ1) is 12.5. The molecule has 26 heavy (non-hydrogen) atoms. The number of benzene rings is 2. The van der Waals surface area contributed by atoms with E-state index in [1.54, 1.807) is 6.07 Å². The second-order valence-electron chi connectivity index (χ2n) is 5.07. The molecule has 7 nitrogen and oxygen atoms in total. The van der Waals surface area contributed by atoms with Gasteiger partial charge in [0.15, 0.2) is 5.75 Å². The van der Waals surface area contributed by atoms with Gasteiger partial charge in [0.25, 0.3) is 0 Å². The first kappa shape index (κ1) is 19.9. The van der Waals surface area contributed by atoms with Gasteiger partial charge in [-0.25, -0.2) is 5.43 Å². The maximum Gasteiger partial charge on any atom is 0.311 e. The Morgan fingerprint density at radius 1 is 1.38 bits per heavy atom. The van der Waals surface area contributed by atoms with Crippen LogP contribution < -0.4 is 10.2 Å². The number of carbonyl (C=O) groups excluding carboxylic acids is 1. The van der Waals surface area contributed by atoms with Gasteiger partial charge in [0.2, 0.25) is 5.91 Å². The molecular formula is C17H16BrN3O4S. The minimum absolute atomic E-state index is 0.160. The summed E-state index contributed by atoms with van der Waals surface area (Å²) >= 11 is 4.93. The van der Waals surface area contributed by atoms with Crippen molar-refractivity contribution in [3.63, 3.8) is 0 Å². The monoisotopic (exact) mass is 437 g/mol. The molecule has 0 spiro atoms. The van der Waals surface area contributed by atoms with Gasteiger partial charge in [0.1, 0.15) is 0 Å². The van der Waals surface area contributed by atoms with Gasteiger partial charge >= 0.3 is 5.69 Å². The molecule has 0 heterocycles. The van der Waals surface area contributed by atoms with Crippen LogP contribution in [0.25, 0.3) is 0 Å². The van der Waals surface area contributed by atoms with Crippen molar-refractivity contribution in [3.8, 4) is 5.75 Å². The van der Waals surface area contributed by atoms with Gasteiger partial charge in [0, 0.05) is 21.9 Å². The van der Waals surface area contributed by atoms with Crippen LogP contribution in [-0.4, -0.2) is 29.9 Å². The van der Waals surface area contributed by atoms with E-state index < -0.39 is 4.92 Å². The largest absolute Gasteiger partial charge is 0.490 e. The molecule has 9 heteroatoms. The van der Waals surface area contributed by atoms with Crippen LogP contribution in [0.5, 0.6) is 5.75 Å². The second kappa shape index (κ2) is 9.93. The Balaban J connectivity index is 1.84. The number of amides is 1. The zero-order valence-electron chi connectivity index (χ0n) is 13.8. The average Bonchev–Trinajstić information content (AvgIpc) is 2.63. The quantitative estimate of drug-likeness (QED) is 0.385. The fourth-order valence-corrected chi connectivity index (χ4v) is 3.44. The Kier molecular flexibility index (Phi) is 7.61. The summed E-state index contributed by atoms with van der Waals surface area (Å²) in [4.78, 5) is 22.2. The highest BCUT2D eigenvalue weighted by Gasteiger charge is 2.14. The van der Waals surface area contributed by atoms with E-state index in [0.29, 0.717) is 11.3 Å². The third kappa shape index (κ3) is 5.85. The zero-order valence-corrected chi connectivity index (χ0v) is 16.2. The minimum Gasteiger partial charge on any atom is -0.490 e. The van der Waals surface area contributed by atoms with Gasteiger partial charge < -0.3 is 4.74 Å². The van der Waals surface area contributed by atoms with Gasteiger partial charge in [0.05, 0.1) is 24.0 Å². The number of hydrogen-bond acceptors (Lipinski definition) is 6. The van der Waals surface area contributed by atoms with E-state index >= 15 is 0 Å². The summed E-state index contributed by atoms with van der Waals surface area (Å²) in [5, 5.41) is 14.8. The van der Waals surface area contributed by atoms with Gasteiger partial charge in [-0.05, 0) is 23.8 Å². The van der Waals surface area contributed by atoms with Crippen LogP contribution in [0.1, 0.15) is 11.1 Å². The molecular weight excluding hydrogens is 422 g/mol. The molecule has 2 aromatic rings. The van der Waals surface area contributed by atoms with Crippen LogP contribution in [0.15, 0.2) is 52.0 Å². The molecule has 0 aliphatic carbocycles. The van der Waals surface area contributed by atoms with Crippen LogP contribution in [0.3, 0.4) is 0 Å². The fourth-order valence-electron chi connectivity index (χ4n) is 2.01. The van der Waals surface area contributed by atoms with Crippen molar-refractivity contribution < 1.29 is 14.5 Å². The third-order valence-corrected chi connectivity index (χ3v) is 5.01. The van der Waals surface area contributed by atoms with Crippen LogP contribution in [0, 0.1) is 10.1 Å². The highest BCUT2D eigenvalue weighted by atomic mass is 79.9. The van der Waals surface area contributed by atoms with Crippen molar-refractivity contribution >= 4 is 45.5 Å². The summed E-state index contributed by atoms with van der Waals surface area (Å²) in [7, 11) is 1.36. The number of nitro groups is 1. The van der Waals surface area contributed by atoms with E-state index in [2.05, 4.69) is 26.5 Å². The molecule has 0 saturated heterocycles. The molecule has 136 valence electrons. The lowest BCUT2D eigenvalue weighted by atomic mass is 10.2. The summed E-state index contributed by atoms with van der Waals surface area (Å²) in [6.45, 7) is 0. The number of halogens is 1. The number of ether oxygens (including phenoxy) is 1. The number of nitrogens with zero attached hydrogens (tertiary/aromatic N) is 2. The fraction of sp³-hybridized carbons (Fsp3) is 0.176. The summed E-state index contributed by atoms with van der Waals surface area (Å²) < 4.78 is 5.94. The summed E-state index contributed by atoms with van der Waals surface area (Å²) in [5.74, 6) is 0.867. The molecule has 0 atom stereocenters. The van der Waals surface area contributed by atoms with Gasteiger partial charge in [-0.1, -0.05) is 34.1 Å². The van der Waals surface area contributed by atoms with E-state index in [9.17, 15) is 14.9 Å². The molecule has 0 aliphatic rings. The lowest BCUT2D eigenvalue weighted by Gasteiger charge is -2.04. The molecule has 0 bridgehead atoms. The SMILES string of the molecule is COc1ccc(/C=N/NC(=O)CSCc2ccccc2Br)cc1[N+](=O)[O-]. The van der Waals surface area contributed by atoms with Gasteiger partial charge in [-0.2, -0.15) is 5.10 Å². The number of hydrazone groups is 1. The van der Waals surface area contributed by atoms with Crippen molar-refractivity contribution in [2.75, 3.05) is 12.9 Å². The Bertz CT molecular complexity index is 829.